The molecule has 0 saturated carbocycles. The largest absolute Gasteiger partial charge is 0.308 e. The highest BCUT2D eigenvalue weighted by Gasteiger charge is 2.23. The molecule has 1 aromatic rings. The molecule has 5 nitrogen and oxygen atoms in total. The van der Waals surface area contributed by atoms with Gasteiger partial charge in [-0.1, -0.05) is 18.2 Å². The fourth-order valence-electron chi connectivity index (χ4n) is 1.66. The first-order valence-corrected chi connectivity index (χ1v) is 7.98. The van der Waals surface area contributed by atoms with Crippen LogP contribution in [0.4, 0.5) is 5.69 Å². The Morgan fingerprint density at radius 1 is 1.15 bits per heavy atom. The van der Waals surface area contributed by atoms with Gasteiger partial charge < -0.3 is 4.90 Å². The lowest BCUT2D eigenvalue weighted by molar-refractivity contribution is -0.120. The third kappa shape index (κ3) is 4.31. The monoisotopic (exact) mass is 299 g/mol. The molecule has 0 fully saturated rings. The first kappa shape index (κ1) is 16.7. The standard InChI is InChI=1S/C14H21NO4S/c1-11(2)15(13-8-6-5-7-9-13)14(16)10-19-20(17,18)12(3)4/h5-9,11-12H,10H2,1-4H3. The lowest BCUT2D eigenvalue weighted by atomic mass is 10.2. The van der Waals surface area contributed by atoms with Gasteiger partial charge in [-0.3, -0.25) is 8.98 Å². The molecule has 0 unspecified atom stereocenters. The molecule has 1 aromatic carbocycles. The number of amides is 1. The topological polar surface area (TPSA) is 63.7 Å². The smallest absolute Gasteiger partial charge is 0.270 e. The lowest BCUT2D eigenvalue weighted by Crippen LogP contribution is -2.40. The molecule has 6 heteroatoms. The maximum Gasteiger partial charge on any atom is 0.270 e. The van der Waals surface area contributed by atoms with Crippen molar-refractivity contribution >= 4 is 21.7 Å². The number of nitrogens with zero attached hydrogens (tertiary/aromatic N) is 1. The van der Waals surface area contributed by atoms with Gasteiger partial charge in [0.15, 0.2) is 0 Å². The Balaban J connectivity index is 2.83. The Labute approximate surface area is 120 Å². The van der Waals surface area contributed by atoms with E-state index in [0.717, 1.165) is 5.69 Å². The second kappa shape index (κ2) is 6.85. The average molecular weight is 299 g/mol. The zero-order valence-corrected chi connectivity index (χ0v) is 13.1. The predicted octanol–water partition coefficient (Wildman–Crippen LogP) is 2.18. The van der Waals surface area contributed by atoms with E-state index in [0.29, 0.717) is 0 Å². The molecule has 0 heterocycles. The maximum atomic E-state index is 12.2. The molecule has 0 spiro atoms. The molecular formula is C14H21NO4S. The van der Waals surface area contributed by atoms with E-state index < -0.39 is 22.0 Å². The van der Waals surface area contributed by atoms with E-state index in [9.17, 15) is 13.2 Å². The summed E-state index contributed by atoms with van der Waals surface area (Å²) in [5.74, 6) is -0.379. The summed E-state index contributed by atoms with van der Waals surface area (Å²) in [6, 6.07) is 9.01. The van der Waals surface area contributed by atoms with Crippen LogP contribution in [-0.2, 0) is 19.1 Å². The number of anilines is 1. The molecular weight excluding hydrogens is 278 g/mol. The third-order valence-electron chi connectivity index (χ3n) is 2.74. The van der Waals surface area contributed by atoms with E-state index in [1.165, 1.54) is 18.7 Å². The number of carbonyl (C=O) groups excluding carboxylic acids is 1. The van der Waals surface area contributed by atoms with Crippen molar-refractivity contribution in [2.45, 2.75) is 39.0 Å². The van der Waals surface area contributed by atoms with Crippen LogP contribution in [-0.4, -0.2) is 32.2 Å². The molecule has 0 radical (unpaired) electrons. The molecule has 0 aliphatic heterocycles. The van der Waals surface area contributed by atoms with Gasteiger partial charge in [-0.25, -0.2) is 0 Å². The zero-order valence-electron chi connectivity index (χ0n) is 12.2. The molecule has 1 rings (SSSR count). The highest BCUT2D eigenvalue weighted by Crippen LogP contribution is 2.17. The molecule has 1 amide bonds. The quantitative estimate of drug-likeness (QED) is 0.755. The van der Waals surface area contributed by atoms with Crippen LogP contribution in [0.5, 0.6) is 0 Å². The van der Waals surface area contributed by atoms with Crippen LogP contribution < -0.4 is 4.90 Å². The summed E-state index contributed by atoms with van der Waals surface area (Å²) in [4.78, 5) is 13.7. The number of para-hydroxylation sites is 1. The number of carbonyl (C=O) groups is 1. The number of hydrogen-bond donors (Lipinski definition) is 0. The van der Waals surface area contributed by atoms with Gasteiger partial charge >= 0.3 is 0 Å². The van der Waals surface area contributed by atoms with E-state index in [1.54, 1.807) is 12.1 Å². The van der Waals surface area contributed by atoms with Crippen molar-refractivity contribution in [3.05, 3.63) is 30.3 Å². The van der Waals surface area contributed by atoms with Gasteiger partial charge in [0.25, 0.3) is 16.0 Å². The van der Waals surface area contributed by atoms with E-state index >= 15 is 0 Å². The van der Waals surface area contributed by atoms with E-state index in [1.807, 2.05) is 32.0 Å². The van der Waals surface area contributed by atoms with Crippen molar-refractivity contribution in [3.63, 3.8) is 0 Å². The van der Waals surface area contributed by atoms with Crippen molar-refractivity contribution < 1.29 is 17.4 Å². The van der Waals surface area contributed by atoms with Gasteiger partial charge in [0.05, 0.1) is 5.25 Å². The van der Waals surface area contributed by atoms with Crippen LogP contribution >= 0.6 is 0 Å². The van der Waals surface area contributed by atoms with Gasteiger partial charge in [-0.05, 0) is 39.8 Å². The molecule has 112 valence electrons. The van der Waals surface area contributed by atoms with Crippen LogP contribution in [0.3, 0.4) is 0 Å². The van der Waals surface area contributed by atoms with Crippen molar-refractivity contribution in [1.82, 2.24) is 0 Å². The SMILES string of the molecule is CC(C)N(C(=O)COS(=O)(=O)C(C)C)c1ccccc1. The van der Waals surface area contributed by atoms with Crippen molar-refractivity contribution in [2.24, 2.45) is 0 Å². The third-order valence-corrected chi connectivity index (χ3v) is 4.34. The molecule has 20 heavy (non-hydrogen) atoms. The summed E-state index contributed by atoms with van der Waals surface area (Å²) in [6.07, 6.45) is 0. The number of hydrogen-bond acceptors (Lipinski definition) is 4. The van der Waals surface area contributed by atoms with Crippen LogP contribution in [0, 0.1) is 0 Å². The molecule has 0 atom stereocenters. The van der Waals surface area contributed by atoms with Crippen LogP contribution in [0.25, 0.3) is 0 Å². The molecule has 0 aromatic heterocycles. The number of benzene rings is 1. The Bertz CT molecular complexity index is 538. The lowest BCUT2D eigenvalue weighted by Gasteiger charge is -2.26. The van der Waals surface area contributed by atoms with Crippen LogP contribution in [0.1, 0.15) is 27.7 Å². The molecule has 0 aliphatic carbocycles. The van der Waals surface area contributed by atoms with E-state index in [2.05, 4.69) is 0 Å². The van der Waals surface area contributed by atoms with Gasteiger partial charge in [0, 0.05) is 11.7 Å². The maximum absolute atomic E-state index is 12.2. The second-order valence-electron chi connectivity index (χ2n) is 5.00. The first-order valence-electron chi connectivity index (χ1n) is 6.51. The van der Waals surface area contributed by atoms with Crippen LogP contribution in [0.2, 0.25) is 0 Å². The molecule has 0 saturated heterocycles. The molecule has 0 bridgehead atoms. The fourth-order valence-corrected chi connectivity index (χ4v) is 2.19. The minimum Gasteiger partial charge on any atom is -0.308 e. The summed E-state index contributed by atoms with van der Waals surface area (Å²) in [6.45, 7) is 6.27. The van der Waals surface area contributed by atoms with Gasteiger partial charge in [-0.2, -0.15) is 8.42 Å². The summed E-state index contributed by atoms with van der Waals surface area (Å²) < 4.78 is 27.9. The van der Waals surface area contributed by atoms with Crippen molar-refractivity contribution in [1.29, 1.82) is 0 Å². The minimum atomic E-state index is -3.68. The minimum absolute atomic E-state index is 0.0877. The summed E-state index contributed by atoms with van der Waals surface area (Å²) >= 11 is 0. The van der Waals surface area contributed by atoms with Crippen molar-refractivity contribution in [3.8, 4) is 0 Å². The van der Waals surface area contributed by atoms with Gasteiger partial charge in [-0.15, -0.1) is 0 Å². The highest BCUT2D eigenvalue weighted by atomic mass is 32.2. The fraction of sp³-hybridized carbons (Fsp3) is 0.500. The summed E-state index contributed by atoms with van der Waals surface area (Å²) in [5.41, 5.74) is 0.720. The zero-order chi connectivity index (χ0) is 15.3. The Kier molecular flexibility index (Phi) is 5.71. The average Bonchev–Trinajstić information content (AvgIpc) is 2.37. The Morgan fingerprint density at radius 3 is 2.15 bits per heavy atom. The van der Waals surface area contributed by atoms with E-state index in [4.69, 9.17) is 4.18 Å². The van der Waals surface area contributed by atoms with Gasteiger partial charge in [0.1, 0.15) is 6.61 Å². The molecule has 0 aliphatic rings. The normalized spacial score (nSPS) is 11.9. The predicted molar refractivity (Wildman–Crippen MR) is 79.1 cm³/mol. The first-order chi connectivity index (χ1) is 9.25. The van der Waals surface area contributed by atoms with Crippen molar-refractivity contribution in [2.75, 3.05) is 11.5 Å². The van der Waals surface area contributed by atoms with E-state index in [-0.39, 0.29) is 11.9 Å². The van der Waals surface area contributed by atoms with Gasteiger partial charge in [0.2, 0.25) is 0 Å². The summed E-state index contributed by atoms with van der Waals surface area (Å²) in [5, 5.41) is -0.667. The second-order valence-corrected chi connectivity index (χ2v) is 7.16. The summed E-state index contributed by atoms with van der Waals surface area (Å²) in [7, 11) is -3.68. The Morgan fingerprint density at radius 2 is 1.70 bits per heavy atom. The van der Waals surface area contributed by atoms with Crippen LogP contribution in [0.15, 0.2) is 30.3 Å². The molecule has 0 N–H and O–H groups in total. The Hall–Kier alpha value is -1.40. The number of rotatable bonds is 6. The highest BCUT2D eigenvalue weighted by molar-refractivity contribution is 7.87.